The third-order valence-electron chi connectivity index (χ3n) is 3.32. The summed E-state index contributed by atoms with van der Waals surface area (Å²) >= 11 is 0. The van der Waals surface area contributed by atoms with Gasteiger partial charge in [-0.25, -0.2) is 0 Å². The second kappa shape index (κ2) is 6.44. The van der Waals surface area contributed by atoms with E-state index >= 15 is 0 Å². The number of rotatable bonds is 5. The van der Waals surface area contributed by atoms with Gasteiger partial charge in [0, 0.05) is 6.54 Å². The SMILES string of the molecule is CN(C)C(CNC(=O)C(C)(N)C(F)(F)F)c1ccccc1. The van der Waals surface area contributed by atoms with Gasteiger partial charge in [0.05, 0.1) is 6.04 Å². The molecule has 2 unspecified atom stereocenters. The van der Waals surface area contributed by atoms with Gasteiger partial charge in [0.15, 0.2) is 5.54 Å². The van der Waals surface area contributed by atoms with E-state index in [1.807, 2.05) is 35.2 Å². The molecule has 0 aromatic heterocycles. The highest BCUT2D eigenvalue weighted by Crippen LogP contribution is 2.28. The van der Waals surface area contributed by atoms with E-state index in [1.54, 1.807) is 14.1 Å². The third kappa shape index (κ3) is 4.18. The number of benzene rings is 1. The summed E-state index contributed by atoms with van der Waals surface area (Å²) in [6, 6.07) is 8.96. The highest BCUT2D eigenvalue weighted by atomic mass is 19.4. The summed E-state index contributed by atoms with van der Waals surface area (Å²) in [6.45, 7) is 0.703. The van der Waals surface area contributed by atoms with Crippen LogP contribution >= 0.6 is 0 Å². The summed E-state index contributed by atoms with van der Waals surface area (Å²) in [5.74, 6) is -1.24. The lowest BCUT2D eigenvalue weighted by molar-refractivity contribution is -0.187. The van der Waals surface area contributed by atoms with Gasteiger partial charge >= 0.3 is 6.18 Å². The summed E-state index contributed by atoms with van der Waals surface area (Å²) in [6.07, 6.45) is -4.79. The molecule has 3 N–H and O–H groups in total. The number of hydrogen-bond donors (Lipinski definition) is 2. The van der Waals surface area contributed by atoms with Crippen molar-refractivity contribution in [1.82, 2.24) is 10.2 Å². The Morgan fingerprint density at radius 2 is 1.81 bits per heavy atom. The van der Waals surface area contributed by atoms with Crippen LogP contribution in [0.1, 0.15) is 18.5 Å². The molecule has 0 fully saturated rings. The number of amides is 1. The van der Waals surface area contributed by atoms with Crippen molar-refractivity contribution in [2.24, 2.45) is 5.73 Å². The molecule has 0 radical (unpaired) electrons. The van der Waals surface area contributed by atoms with Gasteiger partial charge in [-0.1, -0.05) is 30.3 Å². The van der Waals surface area contributed by atoms with Crippen LogP contribution < -0.4 is 11.1 Å². The maximum Gasteiger partial charge on any atom is 0.415 e. The number of nitrogens with one attached hydrogen (secondary N) is 1. The van der Waals surface area contributed by atoms with E-state index in [2.05, 4.69) is 5.32 Å². The summed E-state index contributed by atoms with van der Waals surface area (Å²) in [5.41, 5.74) is 3.08. The van der Waals surface area contributed by atoms with E-state index in [-0.39, 0.29) is 12.6 Å². The zero-order chi connectivity index (χ0) is 16.3. The van der Waals surface area contributed by atoms with Crippen molar-refractivity contribution in [1.29, 1.82) is 0 Å². The lowest BCUT2D eigenvalue weighted by Gasteiger charge is -2.29. The lowest BCUT2D eigenvalue weighted by atomic mass is 10.0. The number of hydrogen-bond acceptors (Lipinski definition) is 3. The van der Waals surface area contributed by atoms with E-state index in [0.29, 0.717) is 6.92 Å². The van der Waals surface area contributed by atoms with E-state index < -0.39 is 17.6 Å². The molecular formula is C14H20F3N3O. The van der Waals surface area contributed by atoms with E-state index in [0.717, 1.165) is 5.56 Å². The first kappa shape index (κ1) is 17.5. The van der Waals surface area contributed by atoms with Crippen molar-refractivity contribution in [3.05, 3.63) is 35.9 Å². The van der Waals surface area contributed by atoms with E-state index in [4.69, 9.17) is 5.73 Å². The molecule has 1 aromatic carbocycles. The van der Waals surface area contributed by atoms with Crippen LogP contribution in [0.4, 0.5) is 13.2 Å². The molecule has 0 aliphatic carbocycles. The van der Waals surface area contributed by atoms with Crippen molar-refractivity contribution in [2.45, 2.75) is 24.7 Å². The Bertz CT molecular complexity index is 472. The molecule has 7 heteroatoms. The monoisotopic (exact) mass is 303 g/mol. The first-order chi connectivity index (χ1) is 9.57. The topological polar surface area (TPSA) is 58.4 Å². The van der Waals surface area contributed by atoms with Gasteiger partial charge < -0.3 is 16.0 Å². The average Bonchev–Trinajstić information content (AvgIpc) is 2.38. The van der Waals surface area contributed by atoms with Gasteiger partial charge in [0.25, 0.3) is 0 Å². The molecule has 21 heavy (non-hydrogen) atoms. The molecule has 0 spiro atoms. The minimum absolute atomic E-state index is 0.0404. The van der Waals surface area contributed by atoms with Crippen LogP contribution in [0.3, 0.4) is 0 Å². The fourth-order valence-corrected chi connectivity index (χ4v) is 1.78. The Morgan fingerprint density at radius 3 is 2.24 bits per heavy atom. The smallest absolute Gasteiger partial charge is 0.352 e. The van der Waals surface area contributed by atoms with E-state index in [9.17, 15) is 18.0 Å². The Morgan fingerprint density at radius 1 is 1.29 bits per heavy atom. The Labute approximate surface area is 122 Å². The van der Waals surface area contributed by atoms with Crippen LogP contribution in [-0.4, -0.2) is 43.2 Å². The largest absolute Gasteiger partial charge is 0.415 e. The second-order valence-corrected chi connectivity index (χ2v) is 5.30. The minimum atomic E-state index is -4.79. The van der Waals surface area contributed by atoms with Crippen LogP contribution in [0.2, 0.25) is 0 Å². The number of nitrogens with zero attached hydrogens (tertiary/aromatic N) is 1. The molecular weight excluding hydrogens is 283 g/mol. The van der Waals surface area contributed by atoms with Gasteiger partial charge in [-0.05, 0) is 26.6 Å². The van der Waals surface area contributed by atoms with Gasteiger partial charge in [-0.2, -0.15) is 13.2 Å². The van der Waals surface area contributed by atoms with Crippen molar-refractivity contribution in [3.8, 4) is 0 Å². The number of halogens is 3. The Balaban J connectivity index is 2.78. The van der Waals surface area contributed by atoms with Crippen LogP contribution in [0.5, 0.6) is 0 Å². The third-order valence-corrected chi connectivity index (χ3v) is 3.32. The van der Waals surface area contributed by atoms with Gasteiger partial charge in [-0.3, -0.25) is 4.79 Å². The quantitative estimate of drug-likeness (QED) is 0.870. The predicted octanol–water partition coefficient (Wildman–Crippen LogP) is 1.69. The molecule has 1 amide bonds. The maximum atomic E-state index is 12.7. The second-order valence-electron chi connectivity index (χ2n) is 5.30. The molecule has 0 aliphatic rings. The van der Waals surface area contributed by atoms with Crippen LogP contribution in [0, 0.1) is 0 Å². The van der Waals surface area contributed by atoms with Crippen LogP contribution in [0.15, 0.2) is 30.3 Å². The summed E-state index contributed by atoms with van der Waals surface area (Å²) in [4.78, 5) is 13.5. The molecule has 118 valence electrons. The average molecular weight is 303 g/mol. The van der Waals surface area contributed by atoms with Crippen LogP contribution in [-0.2, 0) is 4.79 Å². The number of likely N-dealkylation sites (N-methyl/N-ethyl adjacent to an activating group) is 1. The molecule has 0 aliphatic heterocycles. The molecule has 1 rings (SSSR count). The fourth-order valence-electron chi connectivity index (χ4n) is 1.78. The highest BCUT2D eigenvalue weighted by Gasteiger charge is 2.53. The van der Waals surface area contributed by atoms with Crippen molar-refractivity contribution >= 4 is 5.91 Å². The first-order valence-corrected chi connectivity index (χ1v) is 6.42. The number of alkyl halides is 3. The molecule has 0 heterocycles. The number of nitrogens with two attached hydrogens (primary N) is 1. The van der Waals surface area contributed by atoms with Crippen molar-refractivity contribution in [2.75, 3.05) is 20.6 Å². The highest BCUT2D eigenvalue weighted by molar-refractivity contribution is 5.86. The maximum absolute atomic E-state index is 12.7. The van der Waals surface area contributed by atoms with Gasteiger partial charge in [0.2, 0.25) is 5.91 Å². The van der Waals surface area contributed by atoms with Gasteiger partial charge in [0.1, 0.15) is 0 Å². The molecule has 0 saturated carbocycles. The zero-order valence-corrected chi connectivity index (χ0v) is 12.2. The summed E-state index contributed by atoms with van der Waals surface area (Å²) in [7, 11) is 3.57. The van der Waals surface area contributed by atoms with E-state index in [1.165, 1.54) is 0 Å². The first-order valence-electron chi connectivity index (χ1n) is 6.42. The molecule has 4 nitrogen and oxygen atoms in total. The number of carbonyl (C=O) groups is 1. The molecule has 0 bridgehead atoms. The summed E-state index contributed by atoms with van der Waals surface area (Å²) < 4.78 is 38.1. The normalized spacial score (nSPS) is 16.4. The van der Waals surface area contributed by atoms with Gasteiger partial charge in [-0.15, -0.1) is 0 Å². The fraction of sp³-hybridized carbons (Fsp3) is 0.500. The Hall–Kier alpha value is -1.60. The zero-order valence-electron chi connectivity index (χ0n) is 12.2. The lowest BCUT2D eigenvalue weighted by Crippen LogP contribution is -2.61. The summed E-state index contributed by atoms with van der Waals surface area (Å²) in [5, 5.41) is 2.28. The van der Waals surface area contributed by atoms with Crippen LogP contribution in [0.25, 0.3) is 0 Å². The minimum Gasteiger partial charge on any atom is -0.352 e. The number of carbonyl (C=O) groups excluding carboxylic acids is 1. The molecule has 1 aromatic rings. The van der Waals surface area contributed by atoms with Crippen molar-refractivity contribution < 1.29 is 18.0 Å². The Kier molecular flexibility index (Phi) is 5.36. The van der Waals surface area contributed by atoms with Crippen molar-refractivity contribution in [3.63, 3.8) is 0 Å². The standard InChI is InChI=1S/C14H20F3N3O/c1-13(18,14(15,16)17)12(21)19-9-11(20(2)3)10-7-5-4-6-8-10/h4-8,11H,9,18H2,1-3H3,(H,19,21). The molecule has 0 saturated heterocycles. The predicted molar refractivity (Wildman–Crippen MR) is 74.5 cm³/mol. The molecule has 2 atom stereocenters.